The fourth-order valence-electron chi connectivity index (χ4n) is 2.23. The van der Waals surface area contributed by atoms with Crippen molar-refractivity contribution in [3.05, 3.63) is 34.5 Å². The summed E-state index contributed by atoms with van der Waals surface area (Å²) < 4.78 is 5.12. The summed E-state index contributed by atoms with van der Waals surface area (Å²) in [6.45, 7) is 6.93. The van der Waals surface area contributed by atoms with E-state index in [9.17, 15) is 4.79 Å². The molecule has 0 atom stereocenters. The monoisotopic (exact) mass is 306 g/mol. The average Bonchev–Trinajstić information content (AvgIpc) is 2.48. The second kappa shape index (κ2) is 6.76. The lowest BCUT2D eigenvalue weighted by Crippen LogP contribution is -2.12. The summed E-state index contributed by atoms with van der Waals surface area (Å²) in [7, 11) is 0. The summed E-state index contributed by atoms with van der Waals surface area (Å²) in [4.78, 5) is 16.5. The molecule has 0 unspecified atom stereocenters. The third-order valence-corrected chi connectivity index (χ3v) is 3.53. The van der Waals surface area contributed by atoms with Crippen LogP contribution in [0.2, 0.25) is 5.02 Å². The highest BCUT2D eigenvalue weighted by Crippen LogP contribution is 2.33. The molecule has 1 N–H and O–H groups in total. The summed E-state index contributed by atoms with van der Waals surface area (Å²) >= 11 is 6.22. The first kappa shape index (κ1) is 15.6. The molecule has 0 aliphatic heterocycles. The van der Waals surface area contributed by atoms with E-state index in [1.54, 1.807) is 6.92 Å². The summed E-state index contributed by atoms with van der Waals surface area (Å²) in [6, 6.07) is 3.75. The highest BCUT2D eigenvalue weighted by atomic mass is 35.5. The van der Waals surface area contributed by atoms with E-state index in [4.69, 9.17) is 16.3 Å². The Hall–Kier alpha value is -1.81. The summed E-state index contributed by atoms with van der Waals surface area (Å²) in [5, 5.41) is 4.76. The maximum Gasteiger partial charge on any atom is 0.341 e. The number of rotatable bonds is 5. The second-order valence-corrected chi connectivity index (χ2v) is 5.19. The van der Waals surface area contributed by atoms with Gasteiger partial charge < -0.3 is 10.1 Å². The number of carbonyl (C=O) groups is 1. The van der Waals surface area contributed by atoms with Crippen LogP contribution in [0.4, 0.5) is 5.69 Å². The Morgan fingerprint density at radius 1 is 1.38 bits per heavy atom. The molecule has 0 aliphatic rings. The van der Waals surface area contributed by atoms with Crippen LogP contribution in [0.5, 0.6) is 0 Å². The van der Waals surface area contributed by atoms with Crippen molar-refractivity contribution in [2.24, 2.45) is 0 Å². The number of esters is 1. The first-order valence-electron chi connectivity index (χ1n) is 7.08. The molecular formula is C16H19ClN2O2. The van der Waals surface area contributed by atoms with Crippen LogP contribution >= 0.6 is 11.6 Å². The minimum Gasteiger partial charge on any atom is -0.462 e. The van der Waals surface area contributed by atoms with Crippen molar-refractivity contribution in [1.82, 2.24) is 4.98 Å². The first-order chi connectivity index (χ1) is 10.1. The van der Waals surface area contributed by atoms with Crippen molar-refractivity contribution in [2.75, 3.05) is 18.5 Å². The largest absolute Gasteiger partial charge is 0.462 e. The summed E-state index contributed by atoms with van der Waals surface area (Å²) in [5.74, 6) is -0.370. The van der Waals surface area contributed by atoms with Gasteiger partial charge in [-0.05, 0) is 31.9 Å². The number of halogens is 1. The molecule has 5 heteroatoms. The highest BCUT2D eigenvalue weighted by molar-refractivity contribution is 6.35. The van der Waals surface area contributed by atoms with E-state index in [1.807, 2.05) is 19.1 Å². The highest BCUT2D eigenvalue weighted by Gasteiger charge is 2.18. The maximum absolute atomic E-state index is 12.1. The average molecular weight is 307 g/mol. The van der Waals surface area contributed by atoms with Crippen LogP contribution in [-0.2, 0) is 4.74 Å². The van der Waals surface area contributed by atoms with E-state index in [0.29, 0.717) is 22.7 Å². The van der Waals surface area contributed by atoms with Gasteiger partial charge in [0.1, 0.15) is 5.56 Å². The van der Waals surface area contributed by atoms with Gasteiger partial charge in [-0.25, -0.2) is 4.79 Å². The van der Waals surface area contributed by atoms with Crippen LogP contribution in [0.25, 0.3) is 10.9 Å². The zero-order valence-corrected chi connectivity index (χ0v) is 13.3. The number of hydrogen-bond acceptors (Lipinski definition) is 4. The second-order valence-electron chi connectivity index (χ2n) is 4.78. The third-order valence-electron chi connectivity index (χ3n) is 3.23. The van der Waals surface area contributed by atoms with E-state index in [-0.39, 0.29) is 5.97 Å². The van der Waals surface area contributed by atoms with Gasteiger partial charge in [0.2, 0.25) is 0 Å². The van der Waals surface area contributed by atoms with Gasteiger partial charge in [0.25, 0.3) is 0 Å². The van der Waals surface area contributed by atoms with Crippen LogP contribution in [0.15, 0.2) is 18.3 Å². The molecule has 0 bridgehead atoms. The van der Waals surface area contributed by atoms with Gasteiger partial charge in [-0.1, -0.05) is 24.6 Å². The molecule has 0 amide bonds. The Morgan fingerprint density at radius 3 is 2.81 bits per heavy atom. The Kier molecular flexibility index (Phi) is 5.02. The number of carbonyl (C=O) groups excluding carboxylic acids is 1. The van der Waals surface area contributed by atoms with Gasteiger partial charge >= 0.3 is 5.97 Å². The van der Waals surface area contributed by atoms with Crippen LogP contribution in [0.3, 0.4) is 0 Å². The molecule has 0 aliphatic carbocycles. The van der Waals surface area contributed by atoms with Gasteiger partial charge in [0, 0.05) is 18.1 Å². The van der Waals surface area contributed by atoms with E-state index in [2.05, 4.69) is 17.2 Å². The topological polar surface area (TPSA) is 51.2 Å². The molecule has 0 fully saturated rings. The summed E-state index contributed by atoms with van der Waals surface area (Å²) in [5.41, 5.74) is 2.92. The molecule has 21 heavy (non-hydrogen) atoms. The molecule has 0 saturated carbocycles. The quantitative estimate of drug-likeness (QED) is 0.841. The van der Waals surface area contributed by atoms with Gasteiger partial charge in [-0.3, -0.25) is 4.98 Å². The molecule has 2 rings (SSSR count). The predicted octanol–water partition coefficient (Wildman–Crippen LogP) is 4.20. The molecule has 0 spiro atoms. The number of nitrogens with one attached hydrogen (secondary N) is 1. The van der Waals surface area contributed by atoms with E-state index in [0.717, 1.165) is 29.6 Å². The Morgan fingerprint density at radius 2 is 2.14 bits per heavy atom. The molecule has 112 valence electrons. The zero-order chi connectivity index (χ0) is 15.4. The van der Waals surface area contributed by atoms with E-state index >= 15 is 0 Å². The van der Waals surface area contributed by atoms with Gasteiger partial charge in [0.15, 0.2) is 0 Å². The lowest BCUT2D eigenvalue weighted by molar-refractivity contribution is 0.0527. The van der Waals surface area contributed by atoms with Crippen LogP contribution in [0.1, 0.15) is 36.2 Å². The normalized spacial score (nSPS) is 10.7. The molecule has 1 aromatic heterocycles. The Bertz CT molecular complexity index is 671. The van der Waals surface area contributed by atoms with Crippen molar-refractivity contribution >= 4 is 34.2 Å². The van der Waals surface area contributed by atoms with Crippen molar-refractivity contribution in [1.29, 1.82) is 0 Å². The number of aryl methyl sites for hydroxylation is 1. The fraction of sp³-hybridized carbons (Fsp3) is 0.375. The standard InChI is InChI=1S/C16H19ClN2O2/c1-4-8-18-14-11(16(20)21-5-2)9-19-15-12(17)7-6-10(3)13(14)15/h6-7,9H,4-5,8H2,1-3H3,(H,18,19). The lowest BCUT2D eigenvalue weighted by atomic mass is 10.0. The molecule has 1 heterocycles. The van der Waals surface area contributed by atoms with Crippen molar-refractivity contribution < 1.29 is 9.53 Å². The number of hydrogen-bond donors (Lipinski definition) is 1. The number of anilines is 1. The zero-order valence-electron chi connectivity index (χ0n) is 12.5. The third kappa shape index (κ3) is 3.10. The smallest absolute Gasteiger partial charge is 0.341 e. The first-order valence-corrected chi connectivity index (χ1v) is 7.46. The summed E-state index contributed by atoms with van der Waals surface area (Å²) in [6.07, 6.45) is 2.48. The number of ether oxygens (including phenoxy) is 1. The number of nitrogens with zero attached hydrogens (tertiary/aromatic N) is 1. The van der Waals surface area contributed by atoms with Gasteiger partial charge in [-0.15, -0.1) is 0 Å². The fourth-order valence-corrected chi connectivity index (χ4v) is 2.44. The van der Waals surface area contributed by atoms with Crippen LogP contribution in [0, 0.1) is 6.92 Å². The van der Waals surface area contributed by atoms with Crippen LogP contribution in [-0.4, -0.2) is 24.1 Å². The minimum absolute atomic E-state index is 0.332. The number of benzene rings is 1. The Labute approximate surface area is 129 Å². The molecule has 4 nitrogen and oxygen atoms in total. The lowest BCUT2D eigenvalue weighted by Gasteiger charge is -2.15. The van der Waals surface area contributed by atoms with Crippen molar-refractivity contribution in [2.45, 2.75) is 27.2 Å². The molecule has 1 aromatic carbocycles. The van der Waals surface area contributed by atoms with Gasteiger partial charge in [0.05, 0.1) is 22.8 Å². The molecule has 0 radical (unpaired) electrons. The van der Waals surface area contributed by atoms with Crippen molar-refractivity contribution in [3.63, 3.8) is 0 Å². The maximum atomic E-state index is 12.1. The molecule has 2 aromatic rings. The van der Waals surface area contributed by atoms with Crippen molar-refractivity contribution in [3.8, 4) is 0 Å². The number of pyridine rings is 1. The number of aromatic nitrogens is 1. The molecule has 0 saturated heterocycles. The van der Waals surface area contributed by atoms with E-state index < -0.39 is 0 Å². The van der Waals surface area contributed by atoms with Crippen LogP contribution < -0.4 is 5.32 Å². The number of fused-ring (bicyclic) bond motifs is 1. The minimum atomic E-state index is -0.370. The predicted molar refractivity (Wildman–Crippen MR) is 86.2 cm³/mol. The van der Waals surface area contributed by atoms with E-state index in [1.165, 1.54) is 6.20 Å². The van der Waals surface area contributed by atoms with Gasteiger partial charge in [-0.2, -0.15) is 0 Å². The molecular weight excluding hydrogens is 288 g/mol. The SMILES string of the molecule is CCCNc1c(C(=O)OCC)cnc2c(Cl)ccc(C)c12. The Balaban J connectivity index is 2.69.